The third-order valence-electron chi connectivity index (χ3n) is 8.74. The number of fused-ring (bicyclic) bond motifs is 1. The molecule has 1 aliphatic heterocycles. The maximum Gasteiger partial charge on any atom is 0.410 e. The molecular formula is C34H44N4O4S. The number of aromatic nitrogens is 1. The van der Waals surface area contributed by atoms with Gasteiger partial charge in [0.25, 0.3) is 0 Å². The minimum Gasteiger partial charge on any atom is -0.444 e. The van der Waals surface area contributed by atoms with Gasteiger partial charge in [0.2, 0.25) is 11.8 Å². The first-order valence-electron chi connectivity index (χ1n) is 15.5. The Bertz CT molecular complexity index is 1450. The molecule has 1 aromatic heterocycles. The number of likely N-dealkylation sites (tertiary alicyclic amines) is 1. The summed E-state index contributed by atoms with van der Waals surface area (Å²) in [5, 5.41) is 8.44. The summed E-state index contributed by atoms with van der Waals surface area (Å²) in [6.45, 7) is 7.69. The topological polar surface area (TPSA) is 91.8 Å². The van der Waals surface area contributed by atoms with Crippen LogP contribution in [0.5, 0.6) is 0 Å². The monoisotopic (exact) mass is 604 g/mol. The highest BCUT2D eigenvalue weighted by Gasteiger charge is 2.40. The first-order valence-corrected chi connectivity index (χ1v) is 16.4. The van der Waals surface area contributed by atoms with E-state index in [0.29, 0.717) is 6.54 Å². The van der Waals surface area contributed by atoms with Gasteiger partial charge in [-0.05, 0) is 70.1 Å². The number of hydrogen-bond donors (Lipinski definition) is 1. The van der Waals surface area contributed by atoms with Crippen LogP contribution in [-0.4, -0.2) is 64.0 Å². The number of nitrogens with zero attached hydrogens (tertiary/aromatic N) is 3. The number of ether oxygens (including phenoxy) is 1. The van der Waals surface area contributed by atoms with Gasteiger partial charge >= 0.3 is 6.09 Å². The van der Waals surface area contributed by atoms with Crippen LogP contribution in [0.4, 0.5) is 4.79 Å². The number of nitrogens with one attached hydrogen (secondary N) is 1. The van der Waals surface area contributed by atoms with Crippen molar-refractivity contribution < 1.29 is 19.1 Å². The molecule has 2 aromatic carbocycles. The van der Waals surface area contributed by atoms with Crippen molar-refractivity contribution in [3.05, 3.63) is 52.9 Å². The molecule has 1 saturated carbocycles. The quantitative estimate of drug-likeness (QED) is 0.315. The molecule has 2 fully saturated rings. The summed E-state index contributed by atoms with van der Waals surface area (Å²) in [6.07, 6.45) is 6.19. The van der Waals surface area contributed by atoms with E-state index in [1.54, 1.807) is 46.1 Å². The fourth-order valence-electron chi connectivity index (χ4n) is 6.27. The molecule has 1 aliphatic carbocycles. The highest BCUT2D eigenvalue weighted by molar-refractivity contribution is 7.10. The number of thiazole rings is 1. The van der Waals surface area contributed by atoms with Gasteiger partial charge in [0.15, 0.2) is 0 Å². The van der Waals surface area contributed by atoms with Crippen molar-refractivity contribution in [2.24, 2.45) is 5.92 Å². The summed E-state index contributed by atoms with van der Waals surface area (Å²) in [5.74, 6) is -0.328. The maximum absolute atomic E-state index is 14.3. The molecular weight excluding hydrogens is 560 g/mol. The summed E-state index contributed by atoms with van der Waals surface area (Å²) in [4.78, 5) is 48.8. The molecule has 5 rings (SSSR count). The van der Waals surface area contributed by atoms with E-state index in [2.05, 4.69) is 41.0 Å². The number of carbonyl (C=O) groups is 3. The van der Waals surface area contributed by atoms with Crippen molar-refractivity contribution in [3.8, 4) is 11.3 Å². The van der Waals surface area contributed by atoms with Crippen LogP contribution in [0, 0.1) is 5.92 Å². The van der Waals surface area contributed by atoms with Crippen LogP contribution in [-0.2, 0) is 14.3 Å². The lowest BCUT2D eigenvalue weighted by Crippen LogP contribution is -2.56. The Morgan fingerprint density at radius 1 is 1.02 bits per heavy atom. The van der Waals surface area contributed by atoms with Crippen molar-refractivity contribution in [2.45, 2.75) is 96.4 Å². The fourth-order valence-corrected chi connectivity index (χ4v) is 7.23. The van der Waals surface area contributed by atoms with Crippen LogP contribution in [0.25, 0.3) is 22.0 Å². The van der Waals surface area contributed by atoms with Gasteiger partial charge in [-0.3, -0.25) is 14.5 Å². The zero-order valence-electron chi connectivity index (χ0n) is 26.0. The second kappa shape index (κ2) is 13.0. The van der Waals surface area contributed by atoms with Gasteiger partial charge in [-0.2, -0.15) is 0 Å². The minimum atomic E-state index is -0.787. The SMILES string of the molecule is C[C@@H](C(=O)NC(C(=O)N1CCC[C@H]1c1nc(-c2cccc3ccccc23)cs1)C1CCCCC1)N(C)C(=O)OC(C)(C)C. The second-order valence-electron chi connectivity index (χ2n) is 12.9. The average Bonchev–Trinajstić information content (AvgIpc) is 3.68. The minimum absolute atomic E-state index is 0.0446. The van der Waals surface area contributed by atoms with Gasteiger partial charge in [-0.25, -0.2) is 9.78 Å². The third-order valence-corrected chi connectivity index (χ3v) is 9.68. The van der Waals surface area contributed by atoms with Crippen molar-refractivity contribution in [1.82, 2.24) is 20.1 Å². The zero-order chi connectivity index (χ0) is 30.7. The lowest BCUT2D eigenvalue weighted by Gasteiger charge is -2.36. The van der Waals surface area contributed by atoms with Gasteiger partial charge < -0.3 is 15.0 Å². The van der Waals surface area contributed by atoms with E-state index in [1.807, 2.05) is 17.0 Å². The van der Waals surface area contributed by atoms with Crippen LogP contribution in [0.15, 0.2) is 47.8 Å². The van der Waals surface area contributed by atoms with Gasteiger partial charge in [0.1, 0.15) is 22.7 Å². The molecule has 0 radical (unpaired) electrons. The smallest absolute Gasteiger partial charge is 0.410 e. The number of rotatable bonds is 7. The Morgan fingerprint density at radius 3 is 2.49 bits per heavy atom. The largest absolute Gasteiger partial charge is 0.444 e. The molecule has 230 valence electrons. The van der Waals surface area contributed by atoms with Gasteiger partial charge in [-0.1, -0.05) is 61.7 Å². The summed E-state index contributed by atoms with van der Waals surface area (Å²) < 4.78 is 5.47. The summed E-state index contributed by atoms with van der Waals surface area (Å²) >= 11 is 1.60. The zero-order valence-corrected chi connectivity index (χ0v) is 26.8. The highest BCUT2D eigenvalue weighted by Crippen LogP contribution is 2.38. The molecule has 1 saturated heterocycles. The van der Waals surface area contributed by atoms with Gasteiger partial charge in [0.05, 0.1) is 11.7 Å². The van der Waals surface area contributed by atoms with Crippen molar-refractivity contribution in [3.63, 3.8) is 0 Å². The number of likely N-dealkylation sites (N-methyl/N-ethyl adjacent to an activating group) is 1. The third kappa shape index (κ3) is 7.03. The Balaban J connectivity index is 1.35. The molecule has 1 unspecified atom stereocenters. The van der Waals surface area contributed by atoms with Crippen LogP contribution < -0.4 is 5.32 Å². The molecule has 2 heterocycles. The van der Waals surface area contributed by atoms with E-state index in [0.717, 1.165) is 66.6 Å². The number of carbonyl (C=O) groups excluding carboxylic acids is 3. The first kappa shape index (κ1) is 31.0. The molecule has 9 heteroatoms. The molecule has 0 spiro atoms. The van der Waals surface area contributed by atoms with Gasteiger partial charge in [-0.15, -0.1) is 11.3 Å². The molecule has 1 N–H and O–H groups in total. The normalized spacial score (nSPS) is 19.2. The number of benzene rings is 2. The van der Waals surface area contributed by atoms with Crippen LogP contribution in [0.1, 0.15) is 83.7 Å². The number of amides is 3. The summed E-state index contributed by atoms with van der Waals surface area (Å²) in [5.41, 5.74) is 1.34. The standard InChI is InChI=1S/C34H44N4O4S/c1-22(37(5)33(41)42-34(2,3)4)30(39)36-29(24-14-7-6-8-15-24)32(40)38-20-12-19-28(38)31-35-27(21-43-31)26-18-11-16-23-13-9-10-17-25(23)26/h9-11,13,16-18,21-22,24,28-29H,6-8,12,14-15,19-20H2,1-5H3,(H,36,39)/t22-,28-,29?/m0/s1. The molecule has 3 atom stereocenters. The maximum atomic E-state index is 14.3. The molecule has 8 nitrogen and oxygen atoms in total. The molecule has 0 bridgehead atoms. The van der Waals surface area contributed by atoms with Crippen molar-refractivity contribution in [1.29, 1.82) is 0 Å². The van der Waals surface area contributed by atoms with Crippen LogP contribution in [0.3, 0.4) is 0 Å². The Kier molecular flexibility index (Phi) is 9.39. The van der Waals surface area contributed by atoms with E-state index >= 15 is 0 Å². The molecule has 3 aromatic rings. The molecule has 2 aliphatic rings. The summed E-state index contributed by atoms with van der Waals surface area (Å²) in [6, 6.07) is 13.0. The van der Waals surface area contributed by atoms with E-state index in [1.165, 1.54) is 10.3 Å². The Labute approximate surface area is 258 Å². The van der Waals surface area contributed by atoms with Crippen LogP contribution in [0.2, 0.25) is 0 Å². The van der Waals surface area contributed by atoms with E-state index in [9.17, 15) is 14.4 Å². The van der Waals surface area contributed by atoms with E-state index in [4.69, 9.17) is 9.72 Å². The van der Waals surface area contributed by atoms with E-state index < -0.39 is 23.8 Å². The average molecular weight is 605 g/mol. The first-order chi connectivity index (χ1) is 20.5. The lowest BCUT2D eigenvalue weighted by atomic mass is 9.83. The Hall–Kier alpha value is -3.46. The second-order valence-corrected chi connectivity index (χ2v) is 13.8. The lowest BCUT2D eigenvalue weighted by molar-refractivity contribution is -0.140. The predicted octanol–water partition coefficient (Wildman–Crippen LogP) is 6.95. The summed E-state index contributed by atoms with van der Waals surface area (Å²) in [7, 11) is 1.56. The van der Waals surface area contributed by atoms with Crippen LogP contribution >= 0.6 is 11.3 Å². The molecule has 43 heavy (non-hydrogen) atoms. The Morgan fingerprint density at radius 2 is 1.74 bits per heavy atom. The van der Waals surface area contributed by atoms with Crippen molar-refractivity contribution >= 4 is 40.0 Å². The van der Waals surface area contributed by atoms with Crippen molar-refractivity contribution in [2.75, 3.05) is 13.6 Å². The van der Waals surface area contributed by atoms with E-state index in [-0.39, 0.29) is 23.8 Å². The highest BCUT2D eigenvalue weighted by atomic mass is 32.1. The predicted molar refractivity (Wildman–Crippen MR) is 171 cm³/mol. The molecule has 3 amide bonds. The number of hydrogen-bond acceptors (Lipinski definition) is 6. The fraction of sp³-hybridized carbons (Fsp3) is 0.529. The van der Waals surface area contributed by atoms with Gasteiger partial charge in [0, 0.05) is 24.5 Å².